The van der Waals surface area contributed by atoms with Crippen LogP contribution < -0.4 is 4.90 Å². The van der Waals surface area contributed by atoms with E-state index in [9.17, 15) is 19.1 Å². The highest BCUT2D eigenvalue weighted by molar-refractivity contribution is 6.02. The number of carboxylic acids is 1. The summed E-state index contributed by atoms with van der Waals surface area (Å²) in [7, 11) is 0. The highest BCUT2D eigenvalue weighted by Gasteiger charge is 2.35. The van der Waals surface area contributed by atoms with Crippen LogP contribution in [-0.4, -0.2) is 29.3 Å². The van der Waals surface area contributed by atoms with Crippen LogP contribution in [0.5, 0.6) is 0 Å². The van der Waals surface area contributed by atoms with Crippen molar-refractivity contribution in [3.8, 4) is 0 Å². The second kappa shape index (κ2) is 5.02. The molecule has 0 aromatic heterocycles. The van der Waals surface area contributed by atoms with Crippen LogP contribution in [0.25, 0.3) is 0 Å². The first-order chi connectivity index (χ1) is 9.61. The molecule has 1 aromatic rings. The number of carbonyl (C=O) groups excluding carboxylic acids is 1. The molecule has 1 aliphatic heterocycles. The Kier molecular flexibility index (Phi) is 3.65. The largest absolute Gasteiger partial charge is 0.478 e. The number of aromatic carboxylic acids is 1. The Labute approximate surface area is 122 Å². The van der Waals surface area contributed by atoms with E-state index in [1.54, 1.807) is 26.8 Å². The summed E-state index contributed by atoms with van der Waals surface area (Å²) in [5.74, 6) is -2.19. The van der Waals surface area contributed by atoms with E-state index in [0.717, 1.165) is 0 Å². The summed E-state index contributed by atoms with van der Waals surface area (Å²) < 4.78 is 19.4. The van der Waals surface area contributed by atoms with Gasteiger partial charge in [0.2, 0.25) is 0 Å². The molecule has 0 radical (unpaired) electrons. The second-order valence-electron chi connectivity index (χ2n) is 6.08. The summed E-state index contributed by atoms with van der Waals surface area (Å²) in [6.07, 6.45) is -0.178. The number of carbonyl (C=O) groups is 2. The van der Waals surface area contributed by atoms with E-state index in [-0.39, 0.29) is 17.8 Å². The molecular weight excluding hydrogens is 277 g/mol. The molecule has 1 aromatic carbocycles. The zero-order valence-electron chi connectivity index (χ0n) is 12.5. The van der Waals surface area contributed by atoms with Crippen molar-refractivity contribution in [2.45, 2.75) is 39.7 Å². The number of hydrogen-bond acceptors (Lipinski definition) is 3. The van der Waals surface area contributed by atoms with Crippen LogP contribution in [0.15, 0.2) is 6.07 Å². The first-order valence-corrected chi connectivity index (χ1v) is 6.67. The van der Waals surface area contributed by atoms with Crippen molar-refractivity contribution in [2.24, 2.45) is 0 Å². The highest BCUT2D eigenvalue weighted by Crippen LogP contribution is 2.36. The van der Waals surface area contributed by atoms with Crippen molar-refractivity contribution in [3.63, 3.8) is 0 Å². The van der Waals surface area contributed by atoms with Gasteiger partial charge in [-0.1, -0.05) is 6.07 Å². The van der Waals surface area contributed by atoms with E-state index in [4.69, 9.17) is 4.74 Å². The number of carboxylic acid groups (broad SMARTS) is 1. The smallest absolute Gasteiger partial charge is 0.414 e. The van der Waals surface area contributed by atoms with E-state index >= 15 is 0 Å². The van der Waals surface area contributed by atoms with Gasteiger partial charge in [0.1, 0.15) is 17.0 Å². The molecule has 2 rings (SSSR count). The van der Waals surface area contributed by atoms with E-state index in [1.807, 2.05) is 0 Å². The molecule has 0 saturated heterocycles. The number of ether oxygens (including phenoxy) is 1. The van der Waals surface area contributed by atoms with Gasteiger partial charge in [-0.25, -0.2) is 14.0 Å². The third-order valence-corrected chi connectivity index (χ3v) is 3.20. The molecule has 0 atom stereocenters. The SMILES string of the molecule is Cc1cc2c(c(C(=O)O)c1F)N(C(=O)OC(C)(C)C)CC2. The lowest BCUT2D eigenvalue weighted by molar-refractivity contribution is 0.0584. The number of aryl methyl sites for hydroxylation is 1. The molecule has 1 aliphatic rings. The minimum absolute atomic E-state index is 0.111. The van der Waals surface area contributed by atoms with Gasteiger partial charge in [-0.2, -0.15) is 0 Å². The summed E-state index contributed by atoms with van der Waals surface area (Å²) in [6, 6.07) is 1.58. The number of anilines is 1. The number of fused-ring (bicyclic) bond motifs is 1. The lowest BCUT2D eigenvalue weighted by atomic mass is 10.0. The number of rotatable bonds is 1. The summed E-state index contributed by atoms with van der Waals surface area (Å²) in [4.78, 5) is 24.8. The Morgan fingerprint density at radius 3 is 2.52 bits per heavy atom. The standard InChI is InChI=1S/C15H18FNO4/c1-8-7-9-5-6-17(14(20)21-15(2,3)4)12(9)10(11(8)16)13(18)19/h7H,5-6H2,1-4H3,(H,18,19). The Hall–Kier alpha value is -2.11. The quantitative estimate of drug-likeness (QED) is 0.864. The molecule has 21 heavy (non-hydrogen) atoms. The van der Waals surface area contributed by atoms with Crippen LogP contribution in [0.2, 0.25) is 0 Å². The fourth-order valence-corrected chi connectivity index (χ4v) is 2.39. The van der Waals surface area contributed by atoms with Crippen LogP contribution in [0, 0.1) is 12.7 Å². The third-order valence-electron chi connectivity index (χ3n) is 3.20. The van der Waals surface area contributed by atoms with Gasteiger partial charge >= 0.3 is 12.1 Å². The van der Waals surface area contributed by atoms with Gasteiger partial charge in [-0.15, -0.1) is 0 Å². The summed E-state index contributed by atoms with van der Waals surface area (Å²) in [6.45, 7) is 6.95. The molecule has 0 unspecified atom stereocenters. The predicted octanol–water partition coefficient (Wildman–Crippen LogP) is 3.13. The lowest BCUT2D eigenvalue weighted by Gasteiger charge is -2.25. The molecule has 6 heteroatoms. The number of hydrogen-bond donors (Lipinski definition) is 1. The molecule has 114 valence electrons. The van der Waals surface area contributed by atoms with Crippen LogP contribution in [0.1, 0.15) is 42.3 Å². The Morgan fingerprint density at radius 2 is 2.00 bits per heavy atom. The zero-order valence-corrected chi connectivity index (χ0v) is 12.5. The molecule has 0 fully saturated rings. The number of nitrogens with zero attached hydrogens (tertiary/aromatic N) is 1. The fraction of sp³-hybridized carbons (Fsp3) is 0.467. The number of benzene rings is 1. The Balaban J connectivity index is 2.50. The normalized spacial score (nSPS) is 14.0. The van der Waals surface area contributed by atoms with Gasteiger partial charge in [0.15, 0.2) is 0 Å². The van der Waals surface area contributed by atoms with Crippen LogP contribution in [-0.2, 0) is 11.2 Å². The van der Waals surface area contributed by atoms with Gasteiger partial charge in [0.05, 0.1) is 5.69 Å². The van der Waals surface area contributed by atoms with Crippen molar-refractivity contribution in [2.75, 3.05) is 11.4 Å². The monoisotopic (exact) mass is 295 g/mol. The molecule has 1 amide bonds. The molecule has 0 spiro atoms. The molecule has 1 heterocycles. The van der Waals surface area contributed by atoms with Gasteiger partial charge in [0, 0.05) is 6.54 Å². The molecular formula is C15H18FNO4. The first kappa shape index (κ1) is 15.3. The lowest BCUT2D eigenvalue weighted by Crippen LogP contribution is -2.36. The maximum atomic E-state index is 14.1. The van der Waals surface area contributed by atoms with Gasteiger partial charge in [-0.3, -0.25) is 4.90 Å². The van der Waals surface area contributed by atoms with Crippen LogP contribution in [0.4, 0.5) is 14.9 Å². The molecule has 5 nitrogen and oxygen atoms in total. The minimum atomic E-state index is -1.39. The van der Waals surface area contributed by atoms with Gasteiger partial charge in [-0.05, 0) is 45.2 Å². The highest BCUT2D eigenvalue weighted by atomic mass is 19.1. The predicted molar refractivity (Wildman–Crippen MR) is 75.4 cm³/mol. The van der Waals surface area contributed by atoms with E-state index in [1.165, 1.54) is 11.8 Å². The topological polar surface area (TPSA) is 66.8 Å². The van der Waals surface area contributed by atoms with Crippen LogP contribution in [0.3, 0.4) is 0 Å². The third kappa shape index (κ3) is 2.84. The summed E-state index contributed by atoms with van der Waals surface area (Å²) in [5, 5.41) is 9.27. The average Bonchev–Trinajstić information content (AvgIpc) is 2.70. The van der Waals surface area contributed by atoms with Gasteiger partial charge < -0.3 is 9.84 Å². The minimum Gasteiger partial charge on any atom is -0.478 e. The Morgan fingerprint density at radius 1 is 1.38 bits per heavy atom. The van der Waals surface area contributed by atoms with Crippen LogP contribution >= 0.6 is 0 Å². The fourth-order valence-electron chi connectivity index (χ4n) is 2.39. The van der Waals surface area contributed by atoms with Gasteiger partial charge in [0.25, 0.3) is 0 Å². The first-order valence-electron chi connectivity index (χ1n) is 6.67. The average molecular weight is 295 g/mol. The zero-order chi connectivity index (χ0) is 15.9. The van der Waals surface area contributed by atoms with E-state index in [0.29, 0.717) is 12.0 Å². The Bertz CT molecular complexity index is 619. The maximum absolute atomic E-state index is 14.1. The summed E-state index contributed by atoms with van der Waals surface area (Å²) in [5.41, 5.74) is -0.144. The summed E-state index contributed by atoms with van der Waals surface area (Å²) >= 11 is 0. The second-order valence-corrected chi connectivity index (χ2v) is 6.08. The van der Waals surface area contributed by atoms with Crippen molar-refractivity contribution >= 4 is 17.7 Å². The molecule has 0 bridgehead atoms. The van der Waals surface area contributed by atoms with Crippen molar-refractivity contribution in [3.05, 3.63) is 28.6 Å². The molecule has 0 aliphatic carbocycles. The number of amides is 1. The van der Waals surface area contributed by atoms with Crippen molar-refractivity contribution < 1.29 is 23.8 Å². The number of halogens is 1. The van der Waals surface area contributed by atoms with E-state index < -0.39 is 29.0 Å². The van der Waals surface area contributed by atoms with Crippen molar-refractivity contribution in [1.29, 1.82) is 0 Å². The van der Waals surface area contributed by atoms with Crippen molar-refractivity contribution in [1.82, 2.24) is 0 Å². The molecule has 1 N–H and O–H groups in total. The molecule has 0 saturated carbocycles. The maximum Gasteiger partial charge on any atom is 0.414 e. The van der Waals surface area contributed by atoms with E-state index in [2.05, 4.69) is 0 Å².